The van der Waals surface area contributed by atoms with E-state index in [1.165, 1.54) is 4.31 Å². The van der Waals surface area contributed by atoms with E-state index in [2.05, 4.69) is 18.7 Å². The van der Waals surface area contributed by atoms with Crippen LogP contribution in [0.4, 0.5) is 0 Å². The average molecular weight is 327 g/mol. The molecular weight excluding hydrogens is 296 g/mol. The summed E-state index contributed by atoms with van der Waals surface area (Å²) in [6, 6.07) is 7.69. The lowest BCUT2D eigenvalue weighted by atomic mass is 9.87. The first-order valence-corrected chi connectivity index (χ1v) is 9.18. The summed E-state index contributed by atoms with van der Waals surface area (Å²) >= 11 is 0. The molecule has 1 aromatic carbocycles. The van der Waals surface area contributed by atoms with Gasteiger partial charge in [-0.2, -0.15) is 4.31 Å². The highest BCUT2D eigenvalue weighted by Gasteiger charge is 2.28. The molecule has 0 N–H and O–H groups in total. The Kier molecular flexibility index (Phi) is 6.18. The van der Waals surface area contributed by atoms with Crippen LogP contribution in [0.15, 0.2) is 29.2 Å². The van der Waals surface area contributed by atoms with Gasteiger partial charge in [0, 0.05) is 26.2 Å². The molecule has 0 spiro atoms. The summed E-state index contributed by atoms with van der Waals surface area (Å²) in [7, 11) is 0.196. The number of benzene rings is 1. The first-order chi connectivity index (χ1) is 9.98. The number of hydrogen-bond donors (Lipinski definition) is 0. The highest BCUT2D eigenvalue weighted by Crippen LogP contribution is 2.30. The van der Waals surface area contributed by atoms with Gasteiger partial charge in [0.1, 0.15) is 0 Å². The van der Waals surface area contributed by atoms with Crippen LogP contribution in [0.1, 0.15) is 40.2 Å². The minimum absolute atomic E-state index is 0.209. The number of sulfonamides is 1. The van der Waals surface area contributed by atoms with Crippen molar-refractivity contribution in [3.8, 4) is 0 Å². The molecule has 0 saturated carbocycles. The zero-order valence-electron chi connectivity index (χ0n) is 14.9. The van der Waals surface area contributed by atoms with Gasteiger partial charge in [0.2, 0.25) is 10.0 Å². The van der Waals surface area contributed by atoms with Gasteiger partial charge in [0.05, 0.1) is 4.90 Å². The van der Waals surface area contributed by atoms with Crippen molar-refractivity contribution in [3.05, 3.63) is 29.8 Å². The van der Waals surface area contributed by atoms with E-state index in [4.69, 9.17) is 0 Å². The van der Waals surface area contributed by atoms with Crippen molar-refractivity contribution >= 4 is 10.0 Å². The van der Waals surface area contributed by atoms with E-state index in [0.29, 0.717) is 24.0 Å². The van der Waals surface area contributed by atoms with E-state index in [-0.39, 0.29) is 5.41 Å². The molecule has 0 amide bonds. The van der Waals surface area contributed by atoms with Gasteiger partial charge >= 0.3 is 0 Å². The Labute approximate surface area is 136 Å². The van der Waals surface area contributed by atoms with Gasteiger partial charge in [-0.05, 0) is 37.9 Å². The van der Waals surface area contributed by atoms with Gasteiger partial charge in [-0.1, -0.05) is 39.0 Å². The standard InChI is InChI=1S/C17H30N2O2S/c1-14(2)18(6)12-13-19(7)22(20,21)16-11-9-8-10-15(16)17(3,4)5/h8-11,14H,12-13H2,1-7H3. The Morgan fingerprint density at radius 1 is 1.05 bits per heavy atom. The lowest BCUT2D eigenvalue weighted by Gasteiger charge is -2.27. The van der Waals surface area contributed by atoms with E-state index in [1.54, 1.807) is 19.2 Å². The molecule has 22 heavy (non-hydrogen) atoms. The lowest BCUT2D eigenvalue weighted by Crippen LogP contribution is -2.38. The minimum Gasteiger partial charge on any atom is -0.303 e. The van der Waals surface area contributed by atoms with E-state index in [1.807, 2.05) is 40.0 Å². The monoisotopic (exact) mass is 326 g/mol. The molecule has 0 aliphatic carbocycles. The minimum atomic E-state index is -3.47. The molecule has 0 saturated heterocycles. The zero-order valence-corrected chi connectivity index (χ0v) is 15.7. The molecule has 126 valence electrons. The second kappa shape index (κ2) is 7.11. The topological polar surface area (TPSA) is 40.6 Å². The van der Waals surface area contributed by atoms with Crippen LogP contribution in [-0.4, -0.2) is 50.8 Å². The second-order valence-electron chi connectivity index (χ2n) is 7.15. The van der Waals surface area contributed by atoms with Gasteiger partial charge in [0.25, 0.3) is 0 Å². The fourth-order valence-electron chi connectivity index (χ4n) is 2.16. The molecule has 0 bridgehead atoms. The molecule has 1 aromatic rings. The van der Waals surface area contributed by atoms with E-state index < -0.39 is 10.0 Å². The van der Waals surface area contributed by atoms with Crippen molar-refractivity contribution in [1.29, 1.82) is 0 Å². The van der Waals surface area contributed by atoms with Crippen molar-refractivity contribution in [3.63, 3.8) is 0 Å². The molecule has 0 radical (unpaired) electrons. The molecule has 0 atom stereocenters. The quantitative estimate of drug-likeness (QED) is 0.807. The van der Waals surface area contributed by atoms with Crippen LogP contribution in [0.2, 0.25) is 0 Å². The molecule has 5 heteroatoms. The number of nitrogens with zero attached hydrogens (tertiary/aromatic N) is 2. The van der Waals surface area contributed by atoms with Gasteiger partial charge in [0.15, 0.2) is 0 Å². The van der Waals surface area contributed by atoms with E-state index in [0.717, 1.165) is 5.56 Å². The summed E-state index contributed by atoms with van der Waals surface area (Å²) in [5, 5.41) is 0. The first-order valence-electron chi connectivity index (χ1n) is 7.74. The van der Waals surface area contributed by atoms with Crippen molar-refractivity contribution < 1.29 is 8.42 Å². The van der Waals surface area contributed by atoms with E-state index in [9.17, 15) is 8.42 Å². The summed E-state index contributed by atoms with van der Waals surface area (Å²) in [4.78, 5) is 2.55. The molecule has 0 heterocycles. The molecular formula is C17H30N2O2S. The summed E-state index contributed by atoms with van der Waals surface area (Å²) in [5.41, 5.74) is 0.651. The maximum Gasteiger partial charge on any atom is 0.243 e. The average Bonchev–Trinajstić information content (AvgIpc) is 2.43. The first kappa shape index (κ1) is 19.1. The predicted octanol–water partition coefficient (Wildman–Crippen LogP) is 2.94. The van der Waals surface area contributed by atoms with E-state index >= 15 is 0 Å². The third kappa shape index (κ3) is 4.54. The van der Waals surface area contributed by atoms with Crippen molar-refractivity contribution in [2.45, 2.75) is 51.0 Å². The third-order valence-electron chi connectivity index (χ3n) is 4.03. The summed E-state index contributed by atoms with van der Waals surface area (Å²) in [6.45, 7) is 11.5. The van der Waals surface area contributed by atoms with Crippen molar-refractivity contribution in [2.75, 3.05) is 27.2 Å². The van der Waals surface area contributed by atoms with Gasteiger partial charge in [-0.3, -0.25) is 0 Å². The Hall–Kier alpha value is -0.910. The summed E-state index contributed by atoms with van der Waals surface area (Å²) < 4.78 is 27.2. The Morgan fingerprint density at radius 3 is 2.09 bits per heavy atom. The third-order valence-corrected chi connectivity index (χ3v) is 5.95. The lowest BCUT2D eigenvalue weighted by molar-refractivity contribution is 0.257. The normalized spacial score (nSPS) is 13.4. The van der Waals surface area contributed by atoms with Crippen LogP contribution < -0.4 is 0 Å². The zero-order chi connectivity index (χ0) is 17.1. The Balaban J connectivity index is 3.05. The number of likely N-dealkylation sites (N-methyl/N-ethyl adjacent to an activating group) is 2. The molecule has 4 nitrogen and oxygen atoms in total. The molecule has 0 aliphatic rings. The smallest absolute Gasteiger partial charge is 0.243 e. The second-order valence-corrected chi connectivity index (χ2v) is 9.16. The molecule has 0 aliphatic heterocycles. The summed E-state index contributed by atoms with van der Waals surface area (Å²) in [6.07, 6.45) is 0. The number of rotatable bonds is 6. The fourth-order valence-corrected chi connectivity index (χ4v) is 3.72. The van der Waals surface area contributed by atoms with Crippen molar-refractivity contribution in [1.82, 2.24) is 9.21 Å². The van der Waals surface area contributed by atoms with Gasteiger partial charge in [-0.15, -0.1) is 0 Å². The highest BCUT2D eigenvalue weighted by atomic mass is 32.2. The molecule has 0 aromatic heterocycles. The Morgan fingerprint density at radius 2 is 1.59 bits per heavy atom. The highest BCUT2D eigenvalue weighted by molar-refractivity contribution is 7.89. The van der Waals surface area contributed by atoms with Crippen LogP contribution in [0, 0.1) is 0 Å². The van der Waals surface area contributed by atoms with Crippen LogP contribution >= 0.6 is 0 Å². The number of hydrogen-bond acceptors (Lipinski definition) is 3. The molecule has 1 rings (SSSR count). The maximum atomic E-state index is 12.9. The van der Waals surface area contributed by atoms with Crippen LogP contribution in [0.3, 0.4) is 0 Å². The Bertz CT molecular complexity index is 589. The van der Waals surface area contributed by atoms with Gasteiger partial charge in [-0.25, -0.2) is 8.42 Å². The largest absolute Gasteiger partial charge is 0.303 e. The summed E-state index contributed by atoms with van der Waals surface area (Å²) in [5.74, 6) is 0. The van der Waals surface area contributed by atoms with Crippen LogP contribution in [0.5, 0.6) is 0 Å². The maximum absolute atomic E-state index is 12.9. The fraction of sp³-hybridized carbons (Fsp3) is 0.647. The predicted molar refractivity (Wildman–Crippen MR) is 92.7 cm³/mol. The van der Waals surface area contributed by atoms with Crippen LogP contribution in [0.25, 0.3) is 0 Å². The van der Waals surface area contributed by atoms with Crippen LogP contribution in [-0.2, 0) is 15.4 Å². The molecule has 0 fully saturated rings. The van der Waals surface area contributed by atoms with Gasteiger partial charge < -0.3 is 4.90 Å². The van der Waals surface area contributed by atoms with Crippen molar-refractivity contribution in [2.24, 2.45) is 0 Å². The molecule has 0 unspecified atom stereocenters. The SMILES string of the molecule is CC(C)N(C)CCN(C)S(=O)(=O)c1ccccc1C(C)(C)C.